The van der Waals surface area contributed by atoms with Crippen LogP contribution in [0.2, 0.25) is 0 Å². The zero-order valence-electron chi connectivity index (χ0n) is 12.0. The lowest BCUT2D eigenvalue weighted by Crippen LogP contribution is -2.22. The molecule has 2 saturated carbocycles. The molecule has 0 bridgehead atoms. The molecule has 0 unspecified atom stereocenters. The highest BCUT2D eigenvalue weighted by molar-refractivity contribution is 9.10. The zero-order chi connectivity index (χ0) is 15.0. The van der Waals surface area contributed by atoms with Crippen molar-refractivity contribution in [2.45, 2.75) is 32.6 Å². The van der Waals surface area contributed by atoms with Gasteiger partial charge in [-0.1, -0.05) is 19.8 Å². The first-order valence-corrected chi connectivity index (χ1v) is 8.13. The number of hydrogen-bond donors (Lipinski definition) is 2. The van der Waals surface area contributed by atoms with E-state index in [2.05, 4.69) is 33.4 Å². The zero-order valence-corrected chi connectivity index (χ0v) is 13.6. The van der Waals surface area contributed by atoms with E-state index in [0.717, 1.165) is 12.0 Å². The summed E-state index contributed by atoms with van der Waals surface area (Å²) in [7, 11) is 0. The Morgan fingerprint density at radius 1 is 1.52 bits per heavy atom. The van der Waals surface area contributed by atoms with Crippen molar-refractivity contribution in [1.29, 1.82) is 0 Å². The number of phenols is 1. The van der Waals surface area contributed by atoms with Gasteiger partial charge in [-0.3, -0.25) is 4.79 Å². The third kappa shape index (κ3) is 2.71. The van der Waals surface area contributed by atoms with Crippen molar-refractivity contribution in [2.75, 3.05) is 0 Å². The number of carbonyl (C=O) groups excluding carboxylic acids is 1. The Hall–Kier alpha value is -1.36. The van der Waals surface area contributed by atoms with Crippen molar-refractivity contribution in [3.63, 3.8) is 0 Å². The number of benzene rings is 1. The number of phenolic OH excluding ortho intramolecular Hbond substituents is 1. The number of nitrogens with one attached hydrogen (secondary N) is 1. The van der Waals surface area contributed by atoms with Gasteiger partial charge >= 0.3 is 0 Å². The van der Waals surface area contributed by atoms with Crippen LogP contribution < -0.4 is 5.43 Å². The average Bonchev–Trinajstić information content (AvgIpc) is 3.08. The summed E-state index contributed by atoms with van der Waals surface area (Å²) in [5.74, 6) is 0.901. The molecule has 0 aromatic heterocycles. The Bertz CT molecular complexity index is 602. The average molecular weight is 351 g/mol. The topological polar surface area (TPSA) is 61.7 Å². The predicted octanol–water partition coefficient (Wildman–Crippen LogP) is 3.43. The van der Waals surface area contributed by atoms with E-state index in [1.54, 1.807) is 24.4 Å². The fourth-order valence-corrected chi connectivity index (χ4v) is 4.09. The second-order valence-corrected chi connectivity index (χ2v) is 7.14. The Labute approximate surface area is 132 Å². The Balaban J connectivity index is 1.59. The highest BCUT2D eigenvalue weighted by Gasteiger charge is 2.64. The van der Waals surface area contributed by atoms with Gasteiger partial charge in [-0.25, -0.2) is 5.43 Å². The largest absolute Gasteiger partial charge is 0.507 e. The molecule has 112 valence electrons. The fraction of sp³-hybridized carbons (Fsp3) is 0.500. The van der Waals surface area contributed by atoms with E-state index in [9.17, 15) is 9.90 Å². The molecule has 3 atom stereocenters. The van der Waals surface area contributed by atoms with E-state index < -0.39 is 0 Å². The molecule has 1 aromatic carbocycles. The number of halogens is 1. The van der Waals surface area contributed by atoms with Gasteiger partial charge in [0.2, 0.25) is 5.91 Å². The van der Waals surface area contributed by atoms with Gasteiger partial charge in [0.15, 0.2) is 0 Å². The lowest BCUT2D eigenvalue weighted by Gasteiger charge is -2.15. The second kappa shape index (κ2) is 5.44. The van der Waals surface area contributed by atoms with Gasteiger partial charge in [0, 0.05) is 5.92 Å². The number of fused-ring (bicyclic) bond motifs is 1. The SMILES string of the molecule is C[C@]12CCCC[C@H]1[C@@H]2C(=O)N/N=C\c1ccc(O)c(Br)c1. The molecule has 0 aliphatic heterocycles. The summed E-state index contributed by atoms with van der Waals surface area (Å²) in [4.78, 5) is 12.2. The minimum Gasteiger partial charge on any atom is -0.507 e. The second-order valence-electron chi connectivity index (χ2n) is 6.28. The summed E-state index contributed by atoms with van der Waals surface area (Å²) in [6, 6.07) is 5.08. The van der Waals surface area contributed by atoms with Crippen LogP contribution in [0.4, 0.5) is 0 Å². The summed E-state index contributed by atoms with van der Waals surface area (Å²) >= 11 is 3.25. The van der Waals surface area contributed by atoms with Crippen LogP contribution in [-0.4, -0.2) is 17.2 Å². The molecule has 3 rings (SSSR count). The maximum absolute atomic E-state index is 12.2. The van der Waals surface area contributed by atoms with E-state index in [-0.39, 0.29) is 23.0 Å². The molecule has 5 heteroatoms. The van der Waals surface area contributed by atoms with Gasteiger partial charge < -0.3 is 5.11 Å². The lowest BCUT2D eigenvalue weighted by molar-refractivity contribution is -0.123. The molecule has 1 aromatic rings. The number of aromatic hydroxyl groups is 1. The molecule has 0 radical (unpaired) electrons. The summed E-state index contributed by atoms with van der Waals surface area (Å²) in [6.07, 6.45) is 6.40. The highest BCUT2D eigenvalue weighted by Crippen LogP contribution is 2.66. The number of amides is 1. The molecule has 0 spiro atoms. The van der Waals surface area contributed by atoms with Crippen molar-refractivity contribution in [3.05, 3.63) is 28.2 Å². The number of carbonyl (C=O) groups is 1. The fourth-order valence-electron chi connectivity index (χ4n) is 3.69. The molecule has 0 saturated heterocycles. The van der Waals surface area contributed by atoms with Gasteiger partial charge in [-0.15, -0.1) is 0 Å². The van der Waals surface area contributed by atoms with Crippen LogP contribution in [0.15, 0.2) is 27.8 Å². The standard InChI is InChI=1S/C16H19BrN2O2/c1-16-7-3-2-4-11(16)14(16)15(21)19-18-9-10-5-6-13(20)12(17)8-10/h5-6,8-9,11,14,20H,2-4,7H2,1H3,(H,19,21)/b18-9-/t11-,14+,16-/m0/s1. The van der Waals surface area contributed by atoms with Gasteiger partial charge in [0.05, 0.1) is 10.7 Å². The van der Waals surface area contributed by atoms with Crippen molar-refractivity contribution >= 4 is 28.1 Å². The predicted molar refractivity (Wildman–Crippen MR) is 85.1 cm³/mol. The van der Waals surface area contributed by atoms with Crippen molar-refractivity contribution in [2.24, 2.45) is 22.4 Å². The number of rotatable bonds is 3. The molecule has 2 aliphatic carbocycles. The van der Waals surface area contributed by atoms with Crippen molar-refractivity contribution in [1.82, 2.24) is 5.43 Å². The molecule has 2 N–H and O–H groups in total. The third-order valence-electron chi connectivity index (χ3n) is 4.97. The monoisotopic (exact) mass is 350 g/mol. The maximum Gasteiger partial charge on any atom is 0.244 e. The molecule has 2 aliphatic rings. The van der Waals surface area contributed by atoms with E-state index in [0.29, 0.717) is 10.4 Å². The Kier molecular flexibility index (Phi) is 3.78. The van der Waals surface area contributed by atoms with E-state index >= 15 is 0 Å². The van der Waals surface area contributed by atoms with Crippen LogP contribution in [0.3, 0.4) is 0 Å². The summed E-state index contributed by atoms with van der Waals surface area (Å²) in [5, 5.41) is 13.5. The summed E-state index contributed by atoms with van der Waals surface area (Å²) in [5.41, 5.74) is 3.69. The van der Waals surface area contributed by atoms with E-state index in [4.69, 9.17) is 0 Å². The van der Waals surface area contributed by atoms with Crippen LogP contribution in [0.25, 0.3) is 0 Å². The molecular formula is C16H19BrN2O2. The van der Waals surface area contributed by atoms with E-state index in [1.807, 2.05) is 0 Å². The number of hydrazone groups is 1. The highest BCUT2D eigenvalue weighted by atomic mass is 79.9. The van der Waals surface area contributed by atoms with E-state index in [1.165, 1.54) is 19.3 Å². The van der Waals surface area contributed by atoms with Crippen LogP contribution in [0.5, 0.6) is 5.75 Å². The minimum atomic E-state index is 0.0403. The number of nitrogens with zero attached hydrogens (tertiary/aromatic N) is 1. The molecule has 0 heterocycles. The Morgan fingerprint density at radius 3 is 3.00 bits per heavy atom. The molecular weight excluding hydrogens is 332 g/mol. The van der Waals surface area contributed by atoms with Crippen LogP contribution >= 0.6 is 15.9 Å². The molecule has 4 nitrogen and oxygen atoms in total. The third-order valence-corrected chi connectivity index (χ3v) is 5.61. The minimum absolute atomic E-state index is 0.0403. The van der Waals surface area contributed by atoms with Gasteiger partial charge in [0.1, 0.15) is 5.75 Å². The summed E-state index contributed by atoms with van der Waals surface area (Å²) < 4.78 is 0.610. The smallest absolute Gasteiger partial charge is 0.244 e. The number of hydrogen-bond acceptors (Lipinski definition) is 3. The first-order valence-electron chi connectivity index (χ1n) is 7.34. The maximum atomic E-state index is 12.2. The molecule has 21 heavy (non-hydrogen) atoms. The lowest BCUT2D eigenvalue weighted by atomic mass is 9.90. The van der Waals surface area contributed by atoms with Gasteiger partial charge in [-0.05, 0) is 63.9 Å². The first-order chi connectivity index (χ1) is 10.0. The normalized spacial score (nSPS) is 31.0. The van der Waals surface area contributed by atoms with Crippen molar-refractivity contribution in [3.8, 4) is 5.75 Å². The van der Waals surface area contributed by atoms with Crippen LogP contribution in [0, 0.1) is 17.3 Å². The Morgan fingerprint density at radius 2 is 2.33 bits per heavy atom. The molecule has 1 amide bonds. The van der Waals surface area contributed by atoms with Crippen LogP contribution in [0.1, 0.15) is 38.2 Å². The first kappa shape index (κ1) is 14.6. The van der Waals surface area contributed by atoms with Crippen LogP contribution in [-0.2, 0) is 4.79 Å². The molecule has 2 fully saturated rings. The van der Waals surface area contributed by atoms with Gasteiger partial charge in [0.25, 0.3) is 0 Å². The van der Waals surface area contributed by atoms with Gasteiger partial charge in [-0.2, -0.15) is 5.10 Å². The quantitative estimate of drug-likeness (QED) is 0.647. The van der Waals surface area contributed by atoms with Crippen molar-refractivity contribution < 1.29 is 9.90 Å². The summed E-state index contributed by atoms with van der Waals surface area (Å²) in [6.45, 7) is 2.22.